The first-order valence-electron chi connectivity index (χ1n) is 4.78. The van der Waals surface area contributed by atoms with E-state index in [1.54, 1.807) is 6.07 Å². The van der Waals surface area contributed by atoms with Crippen molar-refractivity contribution in [3.63, 3.8) is 0 Å². The summed E-state index contributed by atoms with van der Waals surface area (Å²) in [7, 11) is 0. The average molecular weight is 251 g/mol. The number of aryl methyl sites for hydroxylation is 2. The average Bonchev–Trinajstić information content (AvgIpc) is 2.58. The minimum absolute atomic E-state index is 0.0332. The van der Waals surface area contributed by atoms with Gasteiger partial charge in [-0.3, -0.25) is 10.1 Å². The molecule has 2 rings (SSSR count). The fraction of sp³-hybridized carbons (Fsp3) is 0.200. The molecule has 0 aliphatic rings. The Hall–Kier alpha value is -1.89. The summed E-state index contributed by atoms with van der Waals surface area (Å²) in [6, 6.07) is 2.97. The number of rotatable bonds is 3. The lowest BCUT2D eigenvalue weighted by atomic mass is 10.4. The molecule has 88 valence electrons. The van der Waals surface area contributed by atoms with Crippen LogP contribution >= 0.6 is 11.8 Å². The number of oxazole rings is 1. The van der Waals surface area contributed by atoms with Gasteiger partial charge in [-0.15, -0.1) is 0 Å². The Bertz CT molecular complexity index is 531. The molecular weight excluding hydrogens is 242 g/mol. The number of hydrogen-bond acceptors (Lipinski definition) is 6. The van der Waals surface area contributed by atoms with Crippen molar-refractivity contribution in [1.29, 1.82) is 0 Å². The van der Waals surface area contributed by atoms with Crippen molar-refractivity contribution in [2.24, 2.45) is 0 Å². The van der Waals surface area contributed by atoms with Gasteiger partial charge in [-0.2, -0.15) is 0 Å². The van der Waals surface area contributed by atoms with Gasteiger partial charge in [-0.05, 0) is 31.7 Å². The molecule has 2 aromatic rings. The molecule has 0 bridgehead atoms. The topological polar surface area (TPSA) is 82.1 Å². The van der Waals surface area contributed by atoms with E-state index >= 15 is 0 Å². The van der Waals surface area contributed by atoms with Crippen LogP contribution in [0.15, 0.2) is 33.0 Å². The normalized spacial score (nSPS) is 10.5. The number of nitrogens with zero attached hydrogens (tertiary/aromatic N) is 3. The van der Waals surface area contributed by atoms with E-state index in [9.17, 15) is 10.1 Å². The summed E-state index contributed by atoms with van der Waals surface area (Å²) in [4.78, 5) is 18.1. The Labute approximate surface area is 101 Å². The quantitative estimate of drug-likeness (QED) is 0.616. The standard InChI is InChI=1S/C10H9N3O3S/c1-6-7(2)16-10(12-6)17-9-4-3-8(5-11-9)13(14)15/h3-5H,1-2H3. The summed E-state index contributed by atoms with van der Waals surface area (Å²) in [6.45, 7) is 3.68. The zero-order valence-electron chi connectivity index (χ0n) is 9.21. The van der Waals surface area contributed by atoms with Crippen LogP contribution in [0.25, 0.3) is 0 Å². The molecule has 7 heteroatoms. The van der Waals surface area contributed by atoms with Crippen LogP contribution < -0.4 is 0 Å². The minimum Gasteiger partial charge on any atom is -0.436 e. The van der Waals surface area contributed by atoms with E-state index in [2.05, 4.69) is 9.97 Å². The van der Waals surface area contributed by atoms with Gasteiger partial charge in [0.25, 0.3) is 10.9 Å². The van der Waals surface area contributed by atoms with E-state index in [1.807, 2.05) is 13.8 Å². The molecule has 0 saturated carbocycles. The maximum absolute atomic E-state index is 10.4. The monoisotopic (exact) mass is 251 g/mol. The predicted octanol–water partition coefficient (Wildman–Crippen LogP) is 2.75. The van der Waals surface area contributed by atoms with Gasteiger partial charge in [0.15, 0.2) is 0 Å². The second kappa shape index (κ2) is 4.54. The van der Waals surface area contributed by atoms with Crippen molar-refractivity contribution < 1.29 is 9.34 Å². The highest BCUT2D eigenvalue weighted by Crippen LogP contribution is 2.27. The van der Waals surface area contributed by atoms with E-state index in [0.717, 1.165) is 11.5 Å². The fourth-order valence-corrected chi connectivity index (χ4v) is 1.89. The zero-order chi connectivity index (χ0) is 12.4. The van der Waals surface area contributed by atoms with Crippen molar-refractivity contribution in [3.05, 3.63) is 39.9 Å². The molecule has 0 aromatic carbocycles. The van der Waals surface area contributed by atoms with Crippen LogP contribution in [0.1, 0.15) is 11.5 Å². The van der Waals surface area contributed by atoms with Gasteiger partial charge in [0.05, 0.1) is 10.6 Å². The molecule has 0 unspecified atom stereocenters. The van der Waals surface area contributed by atoms with Gasteiger partial charge < -0.3 is 4.42 Å². The summed E-state index contributed by atoms with van der Waals surface area (Å²) >= 11 is 1.23. The molecule has 0 fully saturated rings. The molecule has 0 spiro atoms. The minimum atomic E-state index is -0.485. The maximum atomic E-state index is 10.4. The molecule has 6 nitrogen and oxygen atoms in total. The summed E-state index contributed by atoms with van der Waals surface area (Å²) in [5.41, 5.74) is 0.795. The molecule has 0 aliphatic heterocycles. The largest absolute Gasteiger partial charge is 0.436 e. The third-order valence-electron chi connectivity index (χ3n) is 2.13. The maximum Gasteiger partial charge on any atom is 0.287 e. The molecular formula is C10H9N3O3S. The molecule has 0 radical (unpaired) electrons. The van der Waals surface area contributed by atoms with Crippen LogP contribution in [0.2, 0.25) is 0 Å². The number of aromatic nitrogens is 2. The van der Waals surface area contributed by atoms with Crippen molar-refractivity contribution in [2.75, 3.05) is 0 Å². The van der Waals surface area contributed by atoms with Gasteiger partial charge in [0, 0.05) is 6.07 Å². The Morgan fingerprint density at radius 1 is 1.41 bits per heavy atom. The third-order valence-corrected chi connectivity index (χ3v) is 2.93. The summed E-state index contributed by atoms with van der Waals surface area (Å²) in [5.74, 6) is 0.759. The first kappa shape index (κ1) is 11.6. The second-order valence-electron chi connectivity index (χ2n) is 3.34. The number of hydrogen-bond donors (Lipinski definition) is 0. The predicted molar refractivity (Wildman–Crippen MR) is 61.0 cm³/mol. The van der Waals surface area contributed by atoms with Crippen LogP contribution in [-0.2, 0) is 0 Å². The molecule has 0 atom stereocenters. The van der Waals surface area contributed by atoms with Gasteiger partial charge in [-0.1, -0.05) is 0 Å². The SMILES string of the molecule is Cc1nc(Sc2ccc([N+](=O)[O-])cn2)oc1C. The van der Waals surface area contributed by atoms with Crippen molar-refractivity contribution in [2.45, 2.75) is 24.1 Å². The molecule has 0 amide bonds. The fourth-order valence-electron chi connectivity index (χ4n) is 1.12. The van der Waals surface area contributed by atoms with Crippen LogP contribution in [0.4, 0.5) is 5.69 Å². The highest BCUT2D eigenvalue weighted by molar-refractivity contribution is 7.99. The van der Waals surface area contributed by atoms with Crippen LogP contribution in [0.5, 0.6) is 0 Å². The lowest BCUT2D eigenvalue weighted by Gasteiger charge is -1.95. The Balaban J connectivity index is 2.16. The van der Waals surface area contributed by atoms with Crippen LogP contribution in [0.3, 0.4) is 0 Å². The molecule has 0 aliphatic carbocycles. The van der Waals surface area contributed by atoms with E-state index < -0.39 is 4.92 Å². The Morgan fingerprint density at radius 2 is 2.18 bits per heavy atom. The van der Waals surface area contributed by atoms with E-state index in [0.29, 0.717) is 10.2 Å². The summed E-state index contributed by atoms with van der Waals surface area (Å²) in [5, 5.41) is 11.5. The van der Waals surface area contributed by atoms with Crippen molar-refractivity contribution in [3.8, 4) is 0 Å². The number of pyridine rings is 1. The van der Waals surface area contributed by atoms with Gasteiger partial charge in [-0.25, -0.2) is 9.97 Å². The molecule has 2 aromatic heterocycles. The van der Waals surface area contributed by atoms with Crippen molar-refractivity contribution in [1.82, 2.24) is 9.97 Å². The molecule has 17 heavy (non-hydrogen) atoms. The molecule has 0 N–H and O–H groups in total. The van der Waals surface area contributed by atoms with E-state index in [1.165, 1.54) is 24.0 Å². The molecule has 2 heterocycles. The lowest BCUT2D eigenvalue weighted by Crippen LogP contribution is -1.89. The second-order valence-corrected chi connectivity index (χ2v) is 4.31. The van der Waals surface area contributed by atoms with Gasteiger partial charge >= 0.3 is 0 Å². The Morgan fingerprint density at radius 3 is 2.65 bits per heavy atom. The smallest absolute Gasteiger partial charge is 0.287 e. The van der Waals surface area contributed by atoms with Crippen LogP contribution in [-0.4, -0.2) is 14.9 Å². The first-order chi connectivity index (χ1) is 8.06. The highest BCUT2D eigenvalue weighted by Gasteiger charge is 2.10. The molecule has 0 saturated heterocycles. The first-order valence-corrected chi connectivity index (χ1v) is 5.60. The van der Waals surface area contributed by atoms with Crippen molar-refractivity contribution >= 4 is 17.4 Å². The third kappa shape index (κ3) is 2.62. The summed E-state index contributed by atoms with van der Waals surface area (Å²) < 4.78 is 5.37. The zero-order valence-corrected chi connectivity index (χ0v) is 10.0. The summed E-state index contributed by atoms with van der Waals surface area (Å²) in [6.07, 6.45) is 1.21. The number of nitro groups is 1. The van der Waals surface area contributed by atoms with Gasteiger partial charge in [0.2, 0.25) is 0 Å². The van der Waals surface area contributed by atoms with Gasteiger partial charge in [0.1, 0.15) is 17.0 Å². The van der Waals surface area contributed by atoms with E-state index in [-0.39, 0.29) is 5.69 Å². The van der Waals surface area contributed by atoms with Crippen LogP contribution in [0, 0.1) is 24.0 Å². The highest BCUT2D eigenvalue weighted by atomic mass is 32.2. The van der Waals surface area contributed by atoms with E-state index in [4.69, 9.17) is 4.42 Å². The Kier molecular flexibility index (Phi) is 3.10. The lowest BCUT2D eigenvalue weighted by molar-refractivity contribution is -0.385.